The number of ketones is 1. The molecule has 1 aromatic carbocycles. The van der Waals surface area contributed by atoms with Crippen molar-refractivity contribution in [2.24, 2.45) is 11.1 Å². The Hall–Kier alpha value is -1.64. The lowest BCUT2D eigenvalue weighted by Crippen LogP contribution is -2.45. The Balaban J connectivity index is 2.34. The molecule has 2 rings (SSSR count). The van der Waals surface area contributed by atoms with Crippen LogP contribution in [0.15, 0.2) is 30.3 Å². The van der Waals surface area contributed by atoms with E-state index < -0.39 is 11.3 Å². The zero-order valence-corrected chi connectivity index (χ0v) is 9.82. The first-order chi connectivity index (χ1) is 8.17. The van der Waals surface area contributed by atoms with Gasteiger partial charge in [-0.3, -0.25) is 9.59 Å². The molecule has 0 bridgehead atoms. The van der Waals surface area contributed by atoms with Crippen molar-refractivity contribution >= 4 is 11.7 Å². The Morgan fingerprint density at radius 1 is 1.00 bits per heavy atom. The van der Waals surface area contributed by atoms with Crippen molar-refractivity contribution in [2.45, 2.75) is 32.1 Å². The van der Waals surface area contributed by atoms with E-state index in [-0.39, 0.29) is 5.78 Å². The van der Waals surface area contributed by atoms with Crippen LogP contribution in [0.5, 0.6) is 0 Å². The fourth-order valence-electron chi connectivity index (χ4n) is 2.61. The molecule has 0 unspecified atom stereocenters. The summed E-state index contributed by atoms with van der Waals surface area (Å²) in [5.74, 6) is -0.573. The summed E-state index contributed by atoms with van der Waals surface area (Å²) < 4.78 is 0. The van der Waals surface area contributed by atoms with Crippen LogP contribution in [-0.4, -0.2) is 11.7 Å². The van der Waals surface area contributed by atoms with E-state index in [1.807, 2.05) is 18.2 Å². The summed E-state index contributed by atoms with van der Waals surface area (Å²) in [6.07, 6.45) is 4.08. The van der Waals surface area contributed by atoms with Gasteiger partial charge >= 0.3 is 0 Å². The maximum absolute atomic E-state index is 12.5. The van der Waals surface area contributed by atoms with E-state index >= 15 is 0 Å². The van der Waals surface area contributed by atoms with E-state index in [1.165, 1.54) is 0 Å². The van der Waals surface area contributed by atoms with Crippen molar-refractivity contribution in [2.75, 3.05) is 0 Å². The molecule has 1 saturated carbocycles. The van der Waals surface area contributed by atoms with Crippen molar-refractivity contribution < 1.29 is 9.59 Å². The average Bonchev–Trinajstić information content (AvgIpc) is 2.39. The molecule has 3 heteroatoms. The third kappa shape index (κ3) is 2.09. The number of carbonyl (C=O) groups excluding carboxylic acids is 2. The minimum Gasteiger partial charge on any atom is -0.369 e. The van der Waals surface area contributed by atoms with Crippen molar-refractivity contribution in [1.82, 2.24) is 0 Å². The lowest BCUT2D eigenvalue weighted by atomic mass is 9.69. The molecule has 3 nitrogen and oxygen atoms in total. The Kier molecular flexibility index (Phi) is 3.27. The number of hydrogen-bond acceptors (Lipinski definition) is 2. The Morgan fingerprint density at radius 3 is 2.12 bits per heavy atom. The van der Waals surface area contributed by atoms with E-state index in [9.17, 15) is 9.59 Å². The molecule has 1 aromatic rings. The van der Waals surface area contributed by atoms with E-state index in [4.69, 9.17) is 5.73 Å². The number of amides is 1. The summed E-state index contributed by atoms with van der Waals surface area (Å²) in [7, 11) is 0. The average molecular weight is 231 g/mol. The molecule has 0 saturated heterocycles. The fourth-order valence-corrected chi connectivity index (χ4v) is 2.61. The van der Waals surface area contributed by atoms with E-state index in [0.29, 0.717) is 18.4 Å². The first-order valence-corrected chi connectivity index (χ1v) is 6.06. The highest BCUT2D eigenvalue weighted by Crippen LogP contribution is 2.38. The van der Waals surface area contributed by atoms with Crippen molar-refractivity contribution in [3.05, 3.63) is 35.9 Å². The van der Waals surface area contributed by atoms with Gasteiger partial charge in [-0.2, -0.15) is 0 Å². The predicted octanol–water partition coefficient (Wildman–Crippen LogP) is 2.31. The Labute approximate surface area is 101 Å². The van der Waals surface area contributed by atoms with Gasteiger partial charge in [-0.25, -0.2) is 0 Å². The highest BCUT2D eigenvalue weighted by Gasteiger charge is 2.44. The SMILES string of the molecule is NC(=O)C1(C(=O)c2ccccc2)CCCCC1. The summed E-state index contributed by atoms with van der Waals surface area (Å²) >= 11 is 0. The van der Waals surface area contributed by atoms with Crippen LogP contribution in [0.1, 0.15) is 42.5 Å². The third-order valence-electron chi connectivity index (χ3n) is 3.65. The van der Waals surface area contributed by atoms with E-state index in [1.54, 1.807) is 12.1 Å². The van der Waals surface area contributed by atoms with Crippen molar-refractivity contribution in [3.8, 4) is 0 Å². The second-order valence-electron chi connectivity index (χ2n) is 4.70. The lowest BCUT2D eigenvalue weighted by Gasteiger charge is -2.32. The topological polar surface area (TPSA) is 60.2 Å². The second-order valence-corrected chi connectivity index (χ2v) is 4.70. The van der Waals surface area contributed by atoms with Gasteiger partial charge in [0.2, 0.25) is 5.91 Å². The number of hydrogen-bond donors (Lipinski definition) is 1. The highest BCUT2D eigenvalue weighted by atomic mass is 16.2. The summed E-state index contributed by atoms with van der Waals surface area (Å²) in [6, 6.07) is 8.98. The number of rotatable bonds is 3. The fraction of sp³-hybridized carbons (Fsp3) is 0.429. The van der Waals surface area contributed by atoms with Gasteiger partial charge in [0.05, 0.1) is 0 Å². The third-order valence-corrected chi connectivity index (χ3v) is 3.65. The second kappa shape index (κ2) is 4.70. The van der Waals surface area contributed by atoms with Crippen LogP contribution in [0, 0.1) is 5.41 Å². The minimum atomic E-state index is -0.959. The molecule has 1 fully saturated rings. The van der Waals surface area contributed by atoms with Gasteiger partial charge in [0, 0.05) is 5.56 Å². The van der Waals surface area contributed by atoms with Gasteiger partial charge in [-0.15, -0.1) is 0 Å². The molecule has 0 radical (unpaired) electrons. The van der Waals surface area contributed by atoms with Gasteiger partial charge in [0.15, 0.2) is 5.78 Å². The quantitative estimate of drug-likeness (QED) is 0.641. The van der Waals surface area contributed by atoms with Gasteiger partial charge in [0.1, 0.15) is 5.41 Å². The van der Waals surface area contributed by atoms with E-state index in [0.717, 1.165) is 19.3 Å². The first-order valence-electron chi connectivity index (χ1n) is 6.06. The molecule has 0 atom stereocenters. The maximum Gasteiger partial charge on any atom is 0.231 e. The summed E-state index contributed by atoms with van der Waals surface area (Å²) in [4.78, 5) is 24.2. The highest BCUT2D eigenvalue weighted by molar-refractivity contribution is 6.13. The molecule has 0 aromatic heterocycles. The summed E-state index contributed by atoms with van der Waals surface area (Å²) in [5.41, 5.74) is 5.11. The van der Waals surface area contributed by atoms with Crippen LogP contribution in [-0.2, 0) is 4.79 Å². The first kappa shape index (κ1) is 11.8. The molecule has 2 N–H and O–H groups in total. The molecule has 90 valence electrons. The lowest BCUT2D eigenvalue weighted by molar-refractivity contribution is -0.126. The summed E-state index contributed by atoms with van der Waals surface area (Å²) in [5, 5.41) is 0. The molecule has 1 amide bonds. The van der Waals surface area contributed by atoms with Crippen LogP contribution >= 0.6 is 0 Å². The van der Waals surface area contributed by atoms with Gasteiger partial charge < -0.3 is 5.73 Å². The number of carbonyl (C=O) groups is 2. The molecular weight excluding hydrogens is 214 g/mol. The minimum absolute atomic E-state index is 0.106. The summed E-state index contributed by atoms with van der Waals surface area (Å²) in [6.45, 7) is 0. The molecule has 17 heavy (non-hydrogen) atoms. The van der Waals surface area contributed by atoms with Crippen molar-refractivity contribution in [3.63, 3.8) is 0 Å². The smallest absolute Gasteiger partial charge is 0.231 e. The largest absolute Gasteiger partial charge is 0.369 e. The molecule has 0 spiro atoms. The van der Waals surface area contributed by atoms with Gasteiger partial charge in [-0.05, 0) is 12.8 Å². The molecule has 0 aliphatic heterocycles. The van der Waals surface area contributed by atoms with Crippen LogP contribution in [0.2, 0.25) is 0 Å². The molecule has 0 heterocycles. The van der Waals surface area contributed by atoms with Crippen LogP contribution in [0.25, 0.3) is 0 Å². The van der Waals surface area contributed by atoms with Gasteiger partial charge in [-0.1, -0.05) is 49.6 Å². The zero-order chi connectivity index (χ0) is 12.3. The number of benzene rings is 1. The molecule has 1 aliphatic rings. The standard InChI is InChI=1S/C14H17NO2/c15-13(17)14(9-5-2-6-10-14)12(16)11-7-3-1-4-8-11/h1,3-4,7-8H,2,5-6,9-10H2,(H2,15,17). The monoisotopic (exact) mass is 231 g/mol. The van der Waals surface area contributed by atoms with Gasteiger partial charge in [0.25, 0.3) is 0 Å². The molecule has 1 aliphatic carbocycles. The number of primary amides is 1. The Bertz CT molecular complexity index is 419. The maximum atomic E-state index is 12.5. The van der Waals surface area contributed by atoms with E-state index in [2.05, 4.69) is 0 Å². The van der Waals surface area contributed by atoms with Crippen LogP contribution in [0.4, 0.5) is 0 Å². The predicted molar refractivity (Wildman–Crippen MR) is 65.5 cm³/mol. The molecular formula is C14H17NO2. The van der Waals surface area contributed by atoms with Crippen molar-refractivity contribution in [1.29, 1.82) is 0 Å². The number of Topliss-reactive ketones (excluding diaryl/α,β-unsaturated/α-hetero) is 1. The number of nitrogens with two attached hydrogens (primary N) is 1. The normalized spacial score (nSPS) is 18.6. The Morgan fingerprint density at radius 2 is 1.59 bits per heavy atom. The van der Waals surface area contributed by atoms with Crippen LogP contribution < -0.4 is 5.73 Å². The van der Waals surface area contributed by atoms with Crippen LogP contribution in [0.3, 0.4) is 0 Å². The zero-order valence-electron chi connectivity index (χ0n) is 9.82.